The highest BCUT2D eigenvalue weighted by Crippen LogP contribution is 2.28. The molecule has 2 rings (SSSR count). The van der Waals surface area contributed by atoms with Gasteiger partial charge in [0.2, 0.25) is 0 Å². The van der Waals surface area contributed by atoms with Crippen molar-refractivity contribution in [2.45, 2.75) is 66.2 Å². The van der Waals surface area contributed by atoms with Crippen LogP contribution < -0.4 is 10.6 Å². The van der Waals surface area contributed by atoms with Gasteiger partial charge in [-0.3, -0.25) is 14.5 Å². The molecule has 0 radical (unpaired) electrons. The third-order valence-electron chi connectivity index (χ3n) is 5.40. The highest BCUT2D eigenvalue weighted by atomic mass is 16.6. The average Bonchev–Trinajstić information content (AvgIpc) is 2.76. The van der Waals surface area contributed by atoms with Gasteiger partial charge in [0.1, 0.15) is 23.4 Å². The van der Waals surface area contributed by atoms with Crippen LogP contribution in [0, 0.1) is 32.2 Å². The van der Waals surface area contributed by atoms with Crippen LogP contribution in [0.5, 0.6) is 5.75 Å². The normalized spacial score (nSPS) is 12.8. The number of nitrogens with one attached hydrogen (secondary N) is 2. The van der Waals surface area contributed by atoms with Crippen LogP contribution >= 0.6 is 0 Å². The van der Waals surface area contributed by atoms with Crippen LogP contribution in [0.1, 0.15) is 57.4 Å². The first kappa shape index (κ1) is 28.2. The number of amides is 3. The van der Waals surface area contributed by atoms with Crippen molar-refractivity contribution in [1.82, 2.24) is 10.2 Å². The minimum absolute atomic E-state index is 0.0888. The second-order valence-electron chi connectivity index (χ2n) is 9.96. The Bertz CT molecular complexity index is 1140. The van der Waals surface area contributed by atoms with Gasteiger partial charge in [-0.05, 0) is 69.4 Å². The van der Waals surface area contributed by atoms with Crippen molar-refractivity contribution in [3.63, 3.8) is 0 Å². The summed E-state index contributed by atoms with van der Waals surface area (Å²) in [6.45, 7) is 12.3. The Morgan fingerprint density at radius 1 is 1.06 bits per heavy atom. The first-order valence-electron chi connectivity index (χ1n) is 11.7. The van der Waals surface area contributed by atoms with Crippen LogP contribution in [0.2, 0.25) is 0 Å². The predicted octanol–water partition coefficient (Wildman–Crippen LogP) is 4.66. The Labute approximate surface area is 213 Å². The summed E-state index contributed by atoms with van der Waals surface area (Å²) in [5.41, 5.74) is 1.82. The lowest BCUT2D eigenvalue weighted by atomic mass is 9.99. The fourth-order valence-electron chi connectivity index (χ4n) is 3.68. The molecular formula is C28H35N3O5. The topological polar surface area (TPSA) is 108 Å². The highest BCUT2D eigenvalue weighted by molar-refractivity contribution is 6.00. The van der Waals surface area contributed by atoms with Crippen molar-refractivity contribution in [3.8, 4) is 18.2 Å². The van der Waals surface area contributed by atoms with E-state index in [9.17, 15) is 19.5 Å². The predicted molar refractivity (Wildman–Crippen MR) is 139 cm³/mol. The second-order valence-corrected chi connectivity index (χ2v) is 9.96. The number of aromatic hydroxyl groups is 1. The molecular weight excluding hydrogens is 458 g/mol. The molecule has 36 heavy (non-hydrogen) atoms. The SMILES string of the molecule is C#CN(C(=O)C(NC(=O)OC(C)(C)C)C(C)C)C(C(=O)Nc1c(C)cccc1C)c1cccc(O)c1. The molecule has 2 aromatic rings. The molecule has 0 spiro atoms. The van der Waals surface area contributed by atoms with Crippen LogP contribution in [-0.4, -0.2) is 39.6 Å². The number of alkyl carbamates (subject to hydrolysis) is 1. The fraction of sp³-hybridized carbons (Fsp3) is 0.393. The summed E-state index contributed by atoms with van der Waals surface area (Å²) in [5, 5.41) is 15.5. The molecule has 0 aliphatic rings. The zero-order chi connectivity index (χ0) is 27.2. The first-order valence-corrected chi connectivity index (χ1v) is 11.7. The van der Waals surface area contributed by atoms with Gasteiger partial charge in [0.15, 0.2) is 0 Å². The maximum absolute atomic E-state index is 13.7. The molecule has 2 unspecified atom stereocenters. The smallest absolute Gasteiger partial charge is 0.408 e. The van der Waals surface area contributed by atoms with Gasteiger partial charge in [-0.1, -0.05) is 50.6 Å². The molecule has 8 nitrogen and oxygen atoms in total. The minimum atomic E-state index is -1.28. The van der Waals surface area contributed by atoms with Crippen molar-refractivity contribution < 1.29 is 24.2 Å². The molecule has 0 aliphatic heterocycles. The number of benzene rings is 2. The molecule has 192 valence electrons. The number of aryl methyl sites for hydroxylation is 2. The average molecular weight is 494 g/mol. The third-order valence-corrected chi connectivity index (χ3v) is 5.40. The zero-order valence-corrected chi connectivity index (χ0v) is 21.9. The lowest BCUT2D eigenvalue weighted by Gasteiger charge is -2.32. The summed E-state index contributed by atoms with van der Waals surface area (Å²) >= 11 is 0. The number of phenols is 1. The number of rotatable bonds is 7. The molecule has 2 aromatic carbocycles. The van der Waals surface area contributed by atoms with Gasteiger partial charge < -0.3 is 20.5 Å². The summed E-state index contributed by atoms with van der Waals surface area (Å²) in [7, 11) is 0. The number of hydrogen-bond acceptors (Lipinski definition) is 5. The van der Waals surface area contributed by atoms with Gasteiger partial charge in [-0.25, -0.2) is 4.79 Å². The number of ether oxygens (including phenoxy) is 1. The van der Waals surface area contributed by atoms with Crippen molar-refractivity contribution in [2.24, 2.45) is 5.92 Å². The fourth-order valence-corrected chi connectivity index (χ4v) is 3.68. The Morgan fingerprint density at radius 3 is 2.14 bits per heavy atom. The molecule has 0 bridgehead atoms. The maximum Gasteiger partial charge on any atom is 0.408 e. The number of para-hydroxylation sites is 1. The standard InChI is InChI=1S/C28H35N3O5/c1-9-31(26(34)22(17(2)3)30-27(35)36-28(6,7)8)24(20-14-11-15-21(32)16-20)25(33)29-23-18(4)12-10-13-19(23)5/h1,10-17,22,24,32H,2-8H3,(H,29,33)(H,30,35). The second kappa shape index (κ2) is 11.6. The van der Waals surface area contributed by atoms with Crippen LogP contribution in [0.3, 0.4) is 0 Å². The summed E-state index contributed by atoms with van der Waals surface area (Å²) in [5.74, 6) is -1.69. The number of carbonyl (C=O) groups excluding carboxylic acids is 3. The van der Waals surface area contributed by atoms with Gasteiger partial charge >= 0.3 is 6.09 Å². The van der Waals surface area contributed by atoms with Crippen molar-refractivity contribution in [1.29, 1.82) is 0 Å². The molecule has 0 saturated carbocycles. The van der Waals surface area contributed by atoms with Crippen LogP contribution in [0.4, 0.5) is 10.5 Å². The van der Waals surface area contributed by atoms with E-state index in [0.29, 0.717) is 11.3 Å². The number of anilines is 1. The molecule has 0 saturated heterocycles. The van der Waals surface area contributed by atoms with Crippen molar-refractivity contribution in [3.05, 3.63) is 59.2 Å². The highest BCUT2D eigenvalue weighted by Gasteiger charge is 2.37. The number of hydrogen-bond donors (Lipinski definition) is 3. The summed E-state index contributed by atoms with van der Waals surface area (Å²) in [4.78, 5) is 40.7. The molecule has 2 atom stereocenters. The summed E-state index contributed by atoms with van der Waals surface area (Å²) in [6.07, 6.45) is 5.00. The number of terminal acetylenes is 1. The number of phenolic OH excluding ortho intramolecular Hbond substituents is 1. The Kier molecular flexibility index (Phi) is 9.12. The van der Waals surface area contributed by atoms with E-state index in [-0.39, 0.29) is 11.7 Å². The van der Waals surface area contributed by atoms with E-state index in [1.165, 1.54) is 12.1 Å². The lowest BCUT2D eigenvalue weighted by molar-refractivity contribution is -0.137. The Balaban J connectivity index is 2.50. The van der Waals surface area contributed by atoms with Crippen molar-refractivity contribution >= 4 is 23.6 Å². The summed E-state index contributed by atoms with van der Waals surface area (Å²) in [6, 6.07) is 11.5. The molecule has 0 fully saturated rings. The Hall–Kier alpha value is -3.99. The molecule has 3 N–H and O–H groups in total. The van der Waals surface area contributed by atoms with Gasteiger partial charge in [0.25, 0.3) is 11.8 Å². The van der Waals surface area contributed by atoms with E-state index in [1.807, 2.05) is 32.0 Å². The minimum Gasteiger partial charge on any atom is -0.508 e. The van der Waals surface area contributed by atoms with Gasteiger partial charge in [0, 0.05) is 11.7 Å². The van der Waals surface area contributed by atoms with E-state index in [1.54, 1.807) is 46.8 Å². The zero-order valence-electron chi connectivity index (χ0n) is 21.9. The largest absolute Gasteiger partial charge is 0.508 e. The van der Waals surface area contributed by atoms with E-state index in [0.717, 1.165) is 16.0 Å². The quantitative estimate of drug-likeness (QED) is 0.384. The van der Waals surface area contributed by atoms with E-state index < -0.39 is 35.6 Å². The number of nitrogens with zero attached hydrogens (tertiary/aromatic N) is 1. The van der Waals surface area contributed by atoms with E-state index >= 15 is 0 Å². The van der Waals surface area contributed by atoms with Crippen LogP contribution in [0.15, 0.2) is 42.5 Å². The summed E-state index contributed by atoms with van der Waals surface area (Å²) < 4.78 is 5.31. The van der Waals surface area contributed by atoms with Crippen LogP contribution in [0.25, 0.3) is 0 Å². The van der Waals surface area contributed by atoms with E-state index in [4.69, 9.17) is 11.2 Å². The third kappa shape index (κ3) is 7.25. The molecule has 0 heterocycles. The van der Waals surface area contributed by atoms with Crippen molar-refractivity contribution in [2.75, 3.05) is 5.32 Å². The Morgan fingerprint density at radius 2 is 1.64 bits per heavy atom. The molecule has 8 heteroatoms. The number of carbonyl (C=O) groups is 3. The lowest BCUT2D eigenvalue weighted by Crippen LogP contribution is -2.53. The van der Waals surface area contributed by atoms with Gasteiger partial charge in [-0.15, -0.1) is 0 Å². The maximum atomic E-state index is 13.7. The van der Waals surface area contributed by atoms with E-state index in [2.05, 4.69) is 16.7 Å². The van der Waals surface area contributed by atoms with Gasteiger partial charge in [-0.2, -0.15) is 0 Å². The van der Waals surface area contributed by atoms with Crippen LogP contribution in [-0.2, 0) is 14.3 Å². The molecule has 3 amide bonds. The molecule has 0 aliphatic carbocycles. The first-order chi connectivity index (χ1) is 16.7. The van der Waals surface area contributed by atoms with Gasteiger partial charge in [0.05, 0.1) is 0 Å². The monoisotopic (exact) mass is 493 g/mol. The molecule has 0 aromatic heterocycles.